The van der Waals surface area contributed by atoms with Gasteiger partial charge in [-0.2, -0.15) is 0 Å². The smallest absolute Gasteiger partial charge is 0.340 e. The normalized spacial score (nSPS) is 17.1. The van der Waals surface area contributed by atoms with Crippen molar-refractivity contribution in [1.82, 2.24) is 0 Å². The molecule has 0 aliphatic carbocycles. The molecule has 3 rings (SSSR count). The summed E-state index contributed by atoms with van der Waals surface area (Å²) < 4.78 is 23.9. The molecule has 0 saturated carbocycles. The first-order valence-corrected chi connectivity index (χ1v) is 10.1. The van der Waals surface area contributed by atoms with Crippen LogP contribution in [0.1, 0.15) is 30.1 Å². The molecule has 148 valence electrons. The molecule has 0 aromatic heterocycles. The van der Waals surface area contributed by atoms with Crippen LogP contribution in [0.25, 0.3) is 0 Å². The Morgan fingerprint density at radius 1 is 1.25 bits per heavy atom. The van der Waals surface area contributed by atoms with E-state index in [1.54, 1.807) is 23.9 Å². The largest absolute Gasteiger partial charge is 0.449 e. The standard InChI is InChI=1S/C21H22FNO4S/c1-14(20(24)23-16-10-8-15(22)9-11-16)27-21(25)18-6-2-3-7-19(18)28-13-17-5-4-12-26-17/h2-3,6-11,14,17H,4-5,12-13H2,1H3,(H,23,24)/t14-,17+/m1/s1. The average molecular weight is 403 g/mol. The Bertz CT molecular complexity index is 821. The molecule has 1 heterocycles. The number of rotatable bonds is 7. The number of anilines is 1. The van der Waals surface area contributed by atoms with Crippen LogP contribution in [0, 0.1) is 5.82 Å². The molecule has 2 aromatic carbocycles. The summed E-state index contributed by atoms with van der Waals surface area (Å²) in [5, 5.41) is 2.60. The number of thioether (sulfide) groups is 1. The van der Waals surface area contributed by atoms with Crippen LogP contribution in [0.3, 0.4) is 0 Å². The fourth-order valence-electron chi connectivity index (χ4n) is 2.77. The molecule has 1 amide bonds. The van der Waals surface area contributed by atoms with E-state index in [1.165, 1.54) is 31.2 Å². The highest BCUT2D eigenvalue weighted by atomic mass is 32.2. The summed E-state index contributed by atoms with van der Waals surface area (Å²) in [5.41, 5.74) is 0.855. The zero-order chi connectivity index (χ0) is 19.9. The van der Waals surface area contributed by atoms with Crippen LogP contribution in [0.15, 0.2) is 53.4 Å². The molecule has 1 N–H and O–H groups in total. The van der Waals surface area contributed by atoms with Crippen LogP contribution in [-0.2, 0) is 14.3 Å². The topological polar surface area (TPSA) is 64.6 Å². The average Bonchev–Trinajstić information content (AvgIpc) is 3.22. The summed E-state index contributed by atoms with van der Waals surface area (Å²) in [6.45, 7) is 2.29. The number of nitrogens with one attached hydrogen (secondary N) is 1. The van der Waals surface area contributed by atoms with Gasteiger partial charge >= 0.3 is 5.97 Å². The zero-order valence-corrected chi connectivity index (χ0v) is 16.3. The number of carbonyl (C=O) groups is 2. The Labute approximate surface area is 167 Å². The predicted molar refractivity (Wildman–Crippen MR) is 106 cm³/mol. The quantitative estimate of drug-likeness (QED) is 0.552. The van der Waals surface area contributed by atoms with Crippen molar-refractivity contribution in [2.75, 3.05) is 17.7 Å². The maximum absolute atomic E-state index is 12.9. The predicted octanol–water partition coefficient (Wildman–Crippen LogP) is 4.28. The molecule has 2 atom stereocenters. The van der Waals surface area contributed by atoms with Crippen molar-refractivity contribution < 1.29 is 23.5 Å². The molecular formula is C21H22FNO4S. The number of benzene rings is 2. The van der Waals surface area contributed by atoms with Crippen molar-refractivity contribution in [3.63, 3.8) is 0 Å². The van der Waals surface area contributed by atoms with E-state index in [9.17, 15) is 14.0 Å². The minimum absolute atomic E-state index is 0.203. The van der Waals surface area contributed by atoms with Gasteiger partial charge < -0.3 is 14.8 Å². The molecule has 0 radical (unpaired) electrons. The third-order valence-corrected chi connectivity index (χ3v) is 5.53. The van der Waals surface area contributed by atoms with Gasteiger partial charge in [-0.1, -0.05) is 12.1 Å². The number of esters is 1. The van der Waals surface area contributed by atoms with E-state index in [4.69, 9.17) is 9.47 Å². The van der Waals surface area contributed by atoms with Gasteiger partial charge in [-0.25, -0.2) is 9.18 Å². The Balaban J connectivity index is 1.58. The van der Waals surface area contributed by atoms with Crippen molar-refractivity contribution in [3.05, 3.63) is 59.9 Å². The van der Waals surface area contributed by atoms with E-state index in [1.807, 2.05) is 12.1 Å². The van der Waals surface area contributed by atoms with Gasteiger partial charge in [0.05, 0.1) is 11.7 Å². The van der Waals surface area contributed by atoms with Crippen molar-refractivity contribution in [2.45, 2.75) is 36.9 Å². The number of hydrogen-bond donors (Lipinski definition) is 1. The van der Waals surface area contributed by atoms with Gasteiger partial charge in [-0.05, 0) is 56.2 Å². The van der Waals surface area contributed by atoms with E-state index >= 15 is 0 Å². The Morgan fingerprint density at radius 2 is 2.00 bits per heavy atom. The van der Waals surface area contributed by atoms with Gasteiger partial charge in [-0.15, -0.1) is 11.8 Å². The minimum atomic E-state index is -0.992. The number of ether oxygens (including phenoxy) is 2. The van der Waals surface area contributed by atoms with E-state index in [0.717, 1.165) is 30.1 Å². The first kappa shape index (κ1) is 20.4. The number of hydrogen-bond acceptors (Lipinski definition) is 5. The first-order valence-electron chi connectivity index (χ1n) is 9.14. The Kier molecular flexibility index (Phi) is 7.06. The highest BCUT2D eigenvalue weighted by Crippen LogP contribution is 2.27. The van der Waals surface area contributed by atoms with E-state index in [2.05, 4.69) is 5.32 Å². The zero-order valence-electron chi connectivity index (χ0n) is 15.5. The molecule has 1 saturated heterocycles. The fourth-order valence-corrected chi connectivity index (χ4v) is 3.88. The second-order valence-electron chi connectivity index (χ2n) is 6.49. The van der Waals surface area contributed by atoms with Crippen molar-refractivity contribution >= 4 is 29.3 Å². The van der Waals surface area contributed by atoms with Gasteiger partial charge in [0, 0.05) is 22.9 Å². The fraction of sp³-hybridized carbons (Fsp3) is 0.333. The second-order valence-corrected chi connectivity index (χ2v) is 7.55. The van der Waals surface area contributed by atoms with Crippen LogP contribution >= 0.6 is 11.8 Å². The summed E-state index contributed by atoms with van der Waals surface area (Å²) >= 11 is 1.55. The lowest BCUT2D eigenvalue weighted by atomic mass is 10.2. The Hall–Kier alpha value is -2.38. The van der Waals surface area contributed by atoms with E-state index < -0.39 is 23.8 Å². The summed E-state index contributed by atoms with van der Waals surface area (Å²) in [4.78, 5) is 25.6. The molecular weight excluding hydrogens is 381 g/mol. The van der Waals surface area contributed by atoms with Crippen LogP contribution in [0.4, 0.5) is 10.1 Å². The highest BCUT2D eigenvalue weighted by molar-refractivity contribution is 7.99. The molecule has 28 heavy (non-hydrogen) atoms. The molecule has 1 fully saturated rings. The highest BCUT2D eigenvalue weighted by Gasteiger charge is 2.22. The molecule has 5 nitrogen and oxygen atoms in total. The van der Waals surface area contributed by atoms with Crippen molar-refractivity contribution in [2.24, 2.45) is 0 Å². The number of halogens is 1. The lowest BCUT2D eigenvalue weighted by Crippen LogP contribution is -2.30. The first-order chi connectivity index (χ1) is 13.5. The summed E-state index contributed by atoms with van der Waals surface area (Å²) in [7, 11) is 0. The Morgan fingerprint density at radius 3 is 2.71 bits per heavy atom. The van der Waals surface area contributed by atoms with Crippen LogP contribution in [0.2, 0.25) is 0 Å². The van der Waals surface area contributed by atoms with Gasteiger partial charge in [-0.3, -0.25) is 4.79 Å². The lowest BCUT2D eigenvalue weighted by molar-refractivity contribution is -0.123. The molecule has 0 spiro atoms. The molecule has 1 aliphatic rings. The van der Waals surface area contributed by atoms with Gasteiger partial charge in [0.2, 0.25) is 0 Å². The maximum atomic E-state index is 12.9. The molecule has 0 unspecified atom stereocenters. The summed E-state index contributed by atoms with van der Waals surface area (Å²) in [6, 6.07) is 12.5. The number of carbonyl (C=O) groups excluding carboxylic acids is 2. The van der Waals surface area contributed by atoms with Crippen molar-refractivity contribution in [3.8, 4) is 0 Å². The minimum Gasteiger partial charge on any atom is -0.449 e. The number of amides is 1. The molecule has 1 aliphatic heterocycles. The third-order valence-electron chi connectivity index (χ3n) is 4.32. The van der Waals surface area contributed by atoms with Crippen LogP contribution in [-0.4, -0.2) is 36.4 Å². The van der Waals surface area contributed by atoms with Crippen LogP contribution < -0.4 is 5.32 Å². The van der Waals surface area contributed by atoms with Gasteiger partial charge in [0.1, 0.15) is 5.82 Å². The summed E-state index contributed by atoms with van der Waals surface area (Å²) in [5.74, 6) is -0.665. The lowest BCUT2D eigenvalue weighted by Gasteiger charge is -2.15. The SMILES string of the molecule is C[C@@H](OC(=O)c1ccccc1SC[C@@H]1CCCO1)C(=O)Nc1ccc(F)cc1. The molecule has 7 heteroatoms. The van der Waals surface area contributed by atoms with Crippen molar-refractivity contribution in [1.29, 1.82) is 0 Å². The molecule has 2 aromatic rings. The maximum Gasteiger partial charge on any atom is 0.340 e. The van der Waals surface area contributed by atoms with E-state index in [-0.39, 0.29) is 6.10 Å². The van der Waals surface area contributed by atoms with Gasteiger partial charge in [0.15, 0.2) is 6.10 Å². The third kappa shape index (κ3) is 5.56. The second kappa shape index (κ2) is 9.71. The van der Waals surface area contributed by atoms with Crippen LogP contribution in [0.5, 0.6) is 0 Å². The van der Waals surface area contributed by atoms with E-state index in [0.29, 0.717) is 11.3 Å². The van der Waals surface area contributed by atoms with Gasteiger partial charge in [0.25, 0.3) is 5.91 Å². The summed E-state index contributed by atoms with van der Waals surface area (Å²) in [6.07, 6.45) is 1.30. The monoisotopic (exact) mass is 403 g/mol. The molecule has 0 bridgehead atoms.